The topological polar surface area (TPSA) is 29.5 Å². The maximum atomic E-state index is 13.2. The second-order valence-electron chi connectivity index (χ2n) is 2.66. The summed E-state index contributed by atoms with van der Waals surface area (Å²) in [5.41, 5.74) is 1.18. The van der Waals surface area contributed by atoms with Gasteiger partial charge in [-0.3, -0.25) is 0 Å². The highest BCUT2D eigenvalue weighted by molar-refractivity contribution is 9.10. The minimum Gasteiger partial charge on any atom is -0.493 e. The Hall–Kier alpha value is -0.610. The van der Waals surface area contributed by atoms with Crippen molar-refractivity contribution in [3.63, 3.8) is 0 Å². The summed E-state index contributed by atoms with van der Waals surface area (Å²) in [6.07, 6.45) is 0. The van der Waals surface area contributed by atoms with E-state index in [1.54, 1.807) is 6.92 Å². The molecule has 0 spiro atoms. The van der Waals surface area contributed by atoms with E-state index in [0.717, 1.165) is 5.56 Å². The van der Waals surface area contributed by atoms with Gasteiger partial charge in [0.05, 0.1) is 13.7 Å². The van der Waals surface area contributed by atoms with Crippen LogP contribution in [0, 0.1) is 12.7 Å². The Kier molecular flexibility index (Phi) is 3.27. The van der Waals surface area contributed by atoms with E-state index in [0.29, 0.717) is 10.0 Å². The Bertz CT molecular complexity index is 326. The Labute approximate surface area is 84.5 Å². The standard InChI is InChI=1S/C9H10BrFO2/c1-5-3-7(11)9(13-2)6(4-12)8(5)10/h3,12H,4H2,1-2H3. The van der Waals surface area contributed by atoms with E-state index in [9.17, 15) is 4.39 Å². The number of methoxy groups -OCH3 is 1. The SMILES string of the molecule is COc1c(F)cc(C)c(Br)c1CO. The van der Waals surface area contributed by atoms with Crippen LogP contribution in [0.5, 0.6) is 5.75 Å². The Balaban J connectivity index is 3.41. The van der Waals surface area contributed by atoms with Gasteiger partial charge >= 0.3 is 0 Å². The Morgan fingerprint density at radius 1 is 1.62 bits per heavy atom. The summed E-state index contributed by atoms with van der Waals surface area (Å²) in [7, 11) is 1.37. The lowest BCUT2D eigenvalue weighted by Crippen LogP contribution is -1.98. The summed E-state index contributed by atoms with van der Waals surface area (Å²) in [4.78, 5) is 0. The van der Waals surface area contributed by atoms with Gasteiger partial charge in [-0.1, -0.05) is 15.9 Å². The van der Waals surface area contributed by atoms with Crippen molar-refractivity contribution < 1.29 is 14.2 Å². The normalized spacial score (nSPS) is 10.2. The van der Waals surface area contributed by atoms with Crippen LogP contribution in [0.2, 0.25) is 0 Å². The van der Waals surface area contributed by atoms with Crippen LogP contribution < -0.4 is 4.74 Å². The van der Waals surface area contributed by atoms with Gasteiger partial charge < -0.3 is 9.84 Å². The lowest BCUT2D eigenvalue weighted by Gasteiger charge is -2.11. The molecule has 1 aromatic carbocycles. The summed E-state index contributed by atoms with van der Waals surface area (Å²) in [5, 5.41) is 9.00. The minimum atomic E-state index is -0.452. The zero-order chi connectivity index (χ0) is 10.0. The van der Waals surface area contributed by atoms with Gasteiger partial charge in [-0.2, -0.15) is 0 Å². The molecule has 0 heterocycles. The van der Waals surface area contributed by atoms with Crippen LogP contribution in [0.1, 0.15) is 11.1 Å². The van der Waals surface area contributed by atoms with Crippen molar-refractivity contribution in [1.82, 2.24) is 0 Å². The first kappa shape index (κ1) is 10.5. The minimum absolute atomic E-state index is 0.0972. The number of aliphatic hydroxyl groups excluding tert-OH is 1. The molecule has 0 unspecified atom stereocenters. The number of benzene rings is 1. The van der Waals surface area contributed by atoms with E-state index in [-0.39, 0.29) is 12.4 Å². The third-order valence-electron chi connectivity index (χ3n) is 1.81. The van der Waals surface area contributed by atoms with Crippen molar-refractivity contribution in [2.75, 3.05) is 7.11 Å². The van der Waals surface area contributed by atoms with Gasteiger partial charge in [-0.05, 0) is 18.6 Å². The number of hydrogen-bond acceptors (Lipinski definition) is 2. The predicted molar refractivity (Wildman–Crippen MR) is 51.3 cm³/mol. The maximum Gasteiger partial charge on any atom is 0.165 e. The average molecular weight is 249 g/mol. The summed E-state index contributed by atoms with van der Waals surface area (Å²) < 4.78 is 18.7. The number of rotatable bonds is 2. The molecular weight excluding hydrogens is 239 g/mol. The third kappa shape index (κ3) is 1.84. The van der Waals surface area contributed by atoms with Crippen molar-refractivity contribution in [3.8, 4) is 5.75 Å². The zero-order valence-electron chi connectivity index (χ0n) is 7.40. The first-order valence-corrected chi connectivity index (χ1v) is 4.53. The quantitative estimate of drug-likeness (QED) is 0.871. The van der Waals surface area contributed by atoms with Crippen molar-refractivity contribution in [3.05, 3.63) is 27.5 Å². The second-order valence-corrected chi connectivity index (χ2v) is 3.45. The highest BCUT2D eigenvalue weighted by atomic mass is 79.9. The fraction of sp³-hybridized carbons (Fsp3) is 0.333. The van der Waals surface area contributed by atoms with Gasteiger partial charge in [0, 0.05) is 10.0 Å². The van der Waals surface area contributed by atoms with Crippen LogP contribution in [0.25, 0.3) is 0 Å². The Morgan fingerprint density at radius 3 is 2.69 bits per heavy atom. The molecule has 1 rings (SSSR count). The monoisotopic (exact) mass is 248 g/mol. The van der Waals surface area contributed by atoms with Crippen LogP contribution in [0.3, 0.4) is 0 Å². The van der Waals surface area contributed by atoms with E-state index in [2.05, 4.69) is 15.9 Å². The summed E-state index contributed by atoms with van der Waals surface area (Å²) >= 11 is 3.26. The molecule has 0 aliphatic heterocycles. The number of aliphatic hydroxyl groups is 1. The predicted octanol–water partition coefficient (Wildman–Crippen LogP) is 2.40. The van der Waals surface area contributed by atoms with E-state index in [4.69, 9.17) is 9.84 Å². The summed E-state index contributed by atoms with van der Waals surface area (Å²) in [5.74, 6) is -0.354. The van der Waals surface area contributed by atoms with Gasteiger partial charge in [-0.25, -0.2) is 4.39 Å². The molecule has 0 aromatic heterocycles. The lowest BCUT2D eigenvalue weighted by molar-refractivity contribution is 0.269. The van der Waals surface area contributed by atoms with E-state index in [1.807, 2.05) is 0 Å². The second kappa shape index (κ2) is 4.07. The molecule has 0 aliphatic carbocycles. The van der Waals surface area contributed by atoms with Gasteiger partial charge in [-0.15, -0.1) is 0 Å². The van der Waals surface area contributed by atoms with E-state index < -0.39 is 5.82 Å². The third-order valence-corrected chi connectivity index (χ3v) is 2.91. The molecule has 0 aliphatic rings. The van der Waals surface area contributed by atoms with E-state index in [1.165, 1.54) is 13.2 Å². The summed E-state index contributed by atoms with van der Waals surface area (Å²) in [6, 6.07) is 1.36. The molecule has 0 saturated carbocycles. The van der Waals surface area contributed by atoms with Gasteiger partial charge in [0.1, 0.15) is 0 Å². The molecule has 0 radical (unpaired) electrons. The van der Waals surface area contributed by atoms with Crippen LogP contribution in [-0.2, 0) is 6.61 Å². The van der Waals surface area contributed by atoms with Crippen molar-refractivity contribution >= 4 is 15.9 Å². The van der Waals surface area contributed by atoms with Crippen LogP contribution in [0.15, 0.2) is 10.5 Å². The molecule has 13 heavy (non-hydrogen) atoms. The molecule has 2 nitrogen and oxygen atoms in total. The molecule has 0 atom stereocenters. The molecule has 1 aromatic rings. The highest BCUT2D eigenvalue weighted by Crippen LogP contribution is 2.32. The van der Waals surface area contributed by atoms with Crippen molar-refractivity contribution in [1.29, 1.82) is 0 Å². The molecule has 72 valence electrons. The number of ether oxygens (including phenoxy) is 1. The van der Waals surface area contributed by atoms with Crippen LogP contribution in [-0.4, -0.2) is 12.2 Å². The number of aryl methyl sites for hydroxylation is 1. The molecule has 0 bridgehead atoms. The zero-order valence-corrected chi connectivity index (χ0v) is 8.98. The summed E-state index contributed by atoms with van der Waals surface area (Å²) in [6.45, 7) is 1.51. The average Bonchev–Trinajstić information content (AvgIpc) is 2.10. The van der Waals surface area contributed by atoms with Crippen LogP contribution in [0.4, 0.5) is 4.39 Å². The number of halogens is 2. The molecule has 0 saturated heterocycles. The smallest absolute Gasteiger partial charge is 0.165 e. The first-order valence-electron chi connectivity index (χ1n) is 3.74. The molecular formula is C9H10BrFO2. The molecule has 4 heteroatoms. The van der Waals surface area contributed by atoms with E-state index >= 15 is 0 Å². The molecule has 0 fully saturated rings. The Morgan fingerprint density at radius 2 is 2.23 bits per heavy atom. The molecule has 0 amide bonds. The lowest BCUT2D eigenvalue weighted by atomic mass is 10.1. The fourth-order valence-electron chi connectivity index (χ4n) is 1.16. The largest absolute Gasteiger partial charge is 0.493 e. The highest BCUT2D eigenvalue weighted by Gasteiger charge is 2.14. The molecule has 1 N–H and O–H groups in total. The van der Waals surface area contributed by atoms with Crippen LogP contribution >= 0.6 is 15.9 Å². The van der Waals surface area contributed by atoms with Crippen molar-refractivity contribution in [2.24, 2.45) is 0 Å². The number of hydrogen-bond donors (Lipinski definition) is 1. The maximum absolute atomic E-state index is 13.2. The van der Waals surface area contributed by atoms with Crippen molar-refractivity contribution in [2.45, 2.75) is 13.5 Å². The van der Waals surface area contributed by atoms with Gasteiger partial charge in [0.2, 0.25) is 0 Å². The first-order chi connectivity index (χ1) is 6.11. The fourth-order valence-corrected chi connectivity index (χ4v) is 1.58. The van der Waals surface area contributed by atoms with Gasteiger partial charge in [0.15, 0.2) is 11.6 Å². The van der Waals surface area contributed by atoms with Gasteiger partial charge in [0.25, 0.3) is 0 Å².